The second kappa shape index (κ2) is 8.39. The number of fused-ring (bicyclic) bond motifs is 9. The third-order valence-corrected chi connectivity index (χ3v) is 10.2. The fourth-order valence-electron chi connectivity index (χ4n) is 8.36. The van der Waals surface area contributed by atoms with Crippen molar-refractivity contribution >= 4 is 55.9 Å². The average Bonchev–Trinajstić information content (AvgIpc) is 3.63. The van der Waals surface area contributed by atoms with E-state index in [0.717, 1.165) is 28.1 Å². The van der Waals surface area contributed by atoms with E-state index in [0.29, 0.717) is 0 Å². The maximum Gasteiger partial charge on any atom is 0.247 e. The molecule has 3 nitrogen and oxygen atoms in total. The van der Waals surface area contributed by atoms with Crippen LogP contribution >= 0.6 is 0 Å². The monoisotopic (exact) mass is 561 g/mol. The minimum Gasteiger partial charge on any atom is -0.310 e. The number of rotatable bonds is 2. The van der Waals surface area contributed by atoms with Crippen LogP contribution in [0.4, 0.5) is 0 Å². The molecule has 0 unspecified atom stereocenters. The Kier molecular flexibility index (Phi) is 4.60. The van der Waals surface area contributed by atoms with E-state index in [9.17, 15) is 0 Å². The molecule has 0 atom stereocenters. The SMILES string of the molecule is CC1(C)c2ccccc2B2c3c(cccc31)-n1c3ccc4c(nc(-c5ccccc5)n4-c4ccccc4)c3c3cccc2c31. The van der Waals surface area contributed by atoms with E-state index in [-0.39, 0.29) is 12.1 Å². The maximum atomic E-state index is 5.47. The van der Waals surface area contributed by atoms with Crippen LogP contribution in [-0.2, 0) is 5.41 Å². The Morgan fingerprint density at radius 3 is 2.11 bits per heavy atom. The van der Waals surface area contributed by atoms with Crippen LogP contribution in [-0.4, -0.2) is 20.8 Å². The van der Waals surface area contributed by atoms with Gasteiger partial charge in [0.25, 0.3) is 0 Å². The number of hydrogen-bond acceptors (Lipinski definition) is 1. The van der Waals surface area contributed by atoms with Crippen molar-refractivity contribution in [3.05, 3.63) is 145 Å². The number of para-hydroxylation sites is 2. The molecule has 0 amide bonds. The standard InChI is InChI=1S/C40H28BN3/c1-40(2)28-18-9-10-20-30(28)41-31-21-11-17-27-35-32(44(38(27)31)33-22-12-19-29(40)36(33)41)23-24-34-37(35)42-39(25-13-5-3-6-14-25)43(34)26-15-7-4-8-16-26/h3-24H,1-2H3. The van der Waals surface area contributed by atoms with Crippen molar-refractivity contribution in [3.8, 4) is 22.8 Å². The van der Waals surface area contributed by atoms with Gasteiger partial charge in [-0.3, -0.25) is 4.57 Å². The van der Waals surface area contributed by atoms with Crippen LogP contribution in [0, 0.1) is 0 Å². The molecule has 0 fully saturated rings. The fraction of sp³-hybridized carbons (Fsp3) is 0.0750. The van der Waals surface area contributed by atoms with Crippen LogP contribution < -0.4 is 16.4 Å². The van der Waals surface area contributed by atoms with Crippen molar-refractivity contribution in [2.45, 2.75) is 19.3 Å². The average molecular weight is 561 g/mol. The second-order valence-electron chi connectivity index (χ2n) is 12.8. The van der Waals surface area contributed by atoms with E-state index >= 15 is 0 Å². The van der Waals surface area contributed by atoms with Gasteiger partial charge in [-0.1, -0.05) is 122 Å². The van der Waals surface area contributed by atoms with Gasteiger partial charge in [-0.05, 0) is 52.4 Å². The number of hydrogen-bond donors (Lipinski definition) is 0. The van der Waals surface area contributed by atoms with Crippen LogP contribution in [0.25, 0.3) is 55.6 Å². The molecule has 2 aromatic heterocycles. The van der Waals surface area contributed by atoms with Gasteiger partial charge in [-0.25, -0.2) is 4.98 Å². The first-order valence-electron chi connectivity index (χ1n) is 15.5. The van der Waals surface area contributed by atoms with E-state index in [1.54, 1.807) is 0 Å². The molecule has 2 aliphatic rings. The predicted octanol–water partition coefficient (Wildman–Crippen LogP) is 7.26. The summed E-state index contributed by atoms with van der Waals surface area (Å²) in [7, 11) is 0. The Morgan fingerprint density at radius 2 is 1.27 bits per heavy atom. The van der Waals surface area contributed by atoms with Crippen molar-refractivity contribution < 1.29 is 0 Å². The molecule has 0 radical (unpaired) electrons. The minimum atomic E-state index is -0.0842. The molecule has 0 aliphatic carbocycles. The van der Waals surface area contributed by atoms with Gasteiger partial charge in [0.15, 0.2) is 0 Å². The van der Waals surface area contributed by atoms with Crippen LogP contribution in [0.3, 0.4) is 0 Å². The Labute approximate surface area is 256 Å². The largest absolute Gasteiger partial charge is 0.310 e. The van der Waals surface area contributed by atoms with Crippen LogP contribution in [0.5, 0.6) is 0 Å². The van der Waals surface area contributed by atoms with Crippen molar-refractivity contribution in [2.24, 2.45) is 0 Å². The quantitative estimate of drug-likeness (QED) is 0.204. The van der Waals surface area contributed by atoms with Gasteiger partial charge in [0, 0.05) is 38.6 Å². The highest BCUT2D eigenvalue weighted by Crippen LogP contribution is 2.42. The molecule has 2 aliphatic heterocycles. The van der Waals surface area contributed by atoms with E-state index in [1.807, 2.05) is 0 Å². The molecular weight excluding hydrogens is 533 g/mol. The lowest BCUT2D eigenvalue weighted by molar-refractivity contribution is 0.645. The van der Waals surface area contributed by atoms with Crippen molar-refractivity contribution in [1.82, 2.24) is 14.1 Å². The number of benzene rings is 6. The molecule has 206 valence electrons. The van der Waals surface area contributed by atoms with Crippen molar-refractivity contribution in [3.63, 3.8) is 0 Å². The van der Waals surface area contributed by atoms with Crippen LogP contribution in [0.15, 0.2) is 133 Å². The van der Waals surface area contributed by atoms with Gasteiger partial charge in [0.05, 0.1) is 16.6 Å². The highest BCUT2D eigenvalue weighted by Gasteiger charge is 2.44. The van der Waals surface area contributed by atoms with Gasteiger partial charge in [0.2, 0.25) is 6.71 Å². The summed E-state index contributed by atoms with van der Waals surface area (Å²) in [6, 6.07) is 48.7. The number of imidazole rings is 1. The fourth-order valence-corrected chi connectivity index (χ4v) is 8.36. The molecule has 4 heterocycles. The third-order valence-electron chi connectivity index (χ3n) is 10.2. The van der Waals surface area contributed by atoms with Crippen molar-refractivity contribution in [2.75, 3.05) is 0 Å². The molecular formula is C40H28BN3. The zero-order valence-corrected chi connectivity index (χ0v) is 24.6. The van der Waals surface area contributed by atoms with Gasteiger partial charge < -0.3 is 4.57 Å². The lowest BCUT2D eigenvalue weighted by atomic mass is 9.30. The summed E-state index contributed by atoms with van der Waals surface area (Å²) in [6.45, 7) is 4.96. The highest BCUT2D eigenvalue weighted by molar-refractivity contribution is 6.99. The molecule has 0 spiro atoms. The Balaban J connectivity index is 1.38. The van der Waals surface area contributed by atoms with E-state index < -0.39 is 0 Å². The van der Waals surface area contributed by atoms with Gasteiger partial charge in [-0.2, -0.15) is 0 Å². The summed E-state index contributed by atoms with van der Waals surface area (Å²) in [5.41, 5.74) is 15.2. The zero-order chi connectivity index (χ0) is 29.2. The lowest BCUT2D eigenvalue weighted by Crippen LogP contribution is -2.63. The smallest absolute Gasteiger partial charge is 0.247 e. The Bertz CT molecular complexity index is 2470. The molecule has 4 heteroatoms. The first-order valence-corrected chi connectivity index (χ1v) is 15.5. The third kappa shape index (κ3) is 2.90. The molecule has 44 heavy (non-hydrogen) atoms. The molecule has 6 aromatic carbocycles. The minimum absolute atomic E-state index is 0.0842. The molecule has 0 saturated carbocycles. The molecule has 8 aromatic rings. The molecule has 10 rings (SSSR count). The first kappa shape index (κ1) is 24.1. The summed E-state index contributed by atoms with van der Waals surface area (Å²) < 4.78 is 4.85. The van der Waals surface area contributed by atoms with E-state index in [1.165, 1.54) is 55.0 Å². The summed E-state index contributed by atoms with van der Waals surface area (Å²) in [4.78, 5) is 5.47. The zero-order valence-electron chi connectivity index (χ0n) is 24.6. The Morgan fingerprint density at radius 1 is 0.591 bits per heavy atom. The number of nitrogens with zero attached hydrogens (tertiary/aromatic N) is 3. The first-order chi connectivity index (χ1) is 21.6. The van der Waals surface area contributed by atoms with Gasteiger partial charge >= 0.3 is 0 Å². The topological polar surface area (TPSA) is 22.8 Å². The summed E-state index contributed by atoms with van der Waals surface area (Å²) in [5, 5.41) is 2.48. The van der Waals surface area contributed by atoms with E-state index in [4.69, 9.17) is 4.98 Å². The Hall–Kier alpha value is -5.35. The molecule has 0 saturated heterocycles. The molecule has 0 N–H and O–H groups in total. The maximum absolute atomic E-state index is 5.47. The lowest BCUT2D eigenvalue weighted by Gasteiger charge is -2.41. The van der Waals surface area contributed by atoms with Crippen molar-refractivity contribution in [1.29, 1.82) is 0 Å². The van der Waals surface area contributed by atoms with Gasteiger partial charge in [0.1, 0.15) is 5.82 Å². The normalized spacial score (nSPS) is 14.3. The number of aromatic nitrogens is 3. The van der Waals surface area contributed by atoms with Gasteiger partial charge in [-0.15, -0.1) is 0 Å². The van der Waals surface area contributed by atoms with Crippen LogP contribution in [0.1, 0.15) is 25.0 Å². The molecule has 0 bridgehead atoms. The highest BCUT2D eigenvalue weighted by atomic mass is 15.1. The summed E-state index contributed by atoms with van der Waals surface area (Å²) >= 11 is 0. The van der Waals surface area contributed by atoms with E-state index in [2.05, 4.69) is 156 Å². The second-order valence-corrected chi connectivity index (χ2v) is 12.8. The summed E-state index contributed by atoms with van der Waals surface area (Å²) in [5.74, 6) is 0.959. The summed E-state index contributed by atoms with van der Waals surface area (Å²) in [6.07, 6.45) is 0. The van der Waals surface area contributed by atoms with Crippen LogP contribution in [0.2, 0.25) is 0 Å². The predicted molar refractivity (Wildman–Crippen MR) is 184 cm³/mol.